The second-order valence-corrected chi connectivity index (χ2v) is 3.80. The van der Waals surface area contributed by atoms with Gasteiger partial charge in [-0.05, 0) is 25.9 Å². The van der Waals surface area contributed by atoms with Gasteiger partial charge in [0.1, 0.15) is 0 Å². The fourth-order valence-corrected chi connectivity index (χ4v) is 1.30. The second-order valence-electron chi connectivity index (χ2n) is 3.80. The number of nitrogens with one attached hydrogen (secondary N) is 2. The van der Waals surface area contributed by atoms with Crippen molar-refractivity contribution in [2.45, 2.75) is 19.9 Å². The second kappa shape index (κ2) is 4.58. The van der Waals surface area contributed by atoms with Gasteiger partial charge in [-0.1, -0.05) is 6.92 Å². The average Bonchev–Trinajstić information content (AvgIpc) is 2.00. The molecule has 1 saturated heterocycles. The summed E-state index contributed by atoms with van der Waals surface area (Å²) >= 11 is 0. The van der Waals surface area contributed by atoms with Crippen molar-refractivity contribution in [1.82, 2.24) is 10.6 Å². The summed E-state index contributed by atoms with van der Waals surface area (Å²) in [6, 6.07) is -0.136. The lowest BCUT2D eigenvalue weighted by Gasteiger charge is -2.32. The molecule has 3 N–H and O–H groups in total. The van der Waals surface area contributed by atoms with Crippen LogP contribution in [0, 0.1) is 11.8 Å². The van der Waals surface area contributed by atoms with Gasteiger partial charge < -0.3 is 15.7 Å². The van der Waals surface area contributed by atoms with E-state index in [2.05, 4.69) is 10.6 Å². The summed E-state index contributed by atoms with van der Waals surface area (Å²) < 4.78 is 0. The molecule has 1 heterocycles. The predicted molar refractivity (Wildman–Crippen MR) is 50.2 cm³/mol. The first-order valence-corrected chi connectivity index (χ1v) is 4.77. The van der Waals surface area contributed by atoms with Gasteiger partial charge in [-0.15, -0.1) is 0 Å². The lowest BCUT2D eigenvalue weighted by Crippen LogP contribution is -2.51. The Morgan fingerprint density at radius 2 is 2.23 bits per heavy atom. The molecule has 0 aliphatic carbocycles. The maximum absolute atomic E-state index is 11.5. The van der Waals surface area contributed by atoms with Gasteiger partial charge in [0, 0.05) is 12.0 Å². The molecule has 0 aromatic heterocycles. The minimum absolute atomic E-state index is 0.00137. The van der Waals surface area contributed by atoms with Crippen LogP contribution in [0.15, 0.2) is 0 Å². The van der Waals surface area contributed by atoms with E-state index in [1.807, 2.05) is 6.92 Å². The van der Waals surface area contributed by atoms with Gasteiger partial charge >= 0.3 is 0 Å². The molecule has 0 radical (unpaired) electrons. The maximum Gasteiger partial charge on any atom is 0.223 e. The Kier molecular flexibility index (Phi) is 3.69. The summed E-state index contributed by atoms with van der Waals surface area (Å²) in [5, 5.41) is 14.6. The van der Waals surface area contributed by atoms with Crippen LogP contribution in [-0.2, 0) is 4.79 Å². The third-order valence-corrected chi connectivity index (χ3v) is 2.60. The fraction of sp³-hybridized carbons (Fsp3) is 0.889. The summed E-state index contributed by atoms with van der Waals surface area (Å²) in [5.74, 6) is 0.564. The number of hydrogen-bond acceptors (Lipinski definition) is 3. The van der Waals surface area contributed by atoms with Gasteiger partial charge in [0.25, 0.3) is 0 Å². The molecule has 13 heavy (non-hydrogen) atoms. The van der Waals surface area contributed by atoms with Crippen molar-refractivity contribution in [2.24, 2.45) is 11.8 Å². The van der Waals surface area contributed by atoms with E-state index in [1.54, 1.807) is 6.92 Å². The molecular formula is C9H18N2O2. The summed E-state index contributed by atoms with van der Waals surface area (Å²) in [7, 11) is 0. The molecule has 0 spiro atoms. The van der Waals surface area contributed by atoms with Crippen LogP contribution in [0.2, 0.25) is 0 Å². The molecule has 2 atom stereocenters. The van der Waals surface area contributed by atoms with E-state index in [0.717, 1.165) is 13.1 Å². The lowest BCUT2D eigenvalue weighted by atomic mass is 9.88. The maximum atomic E-state index is 11.5. The van der Waals surface area contributed by atoms with Crippen LogP contribution in [0.5, 0.6) is 0 Å². The number of carbonyl (C=O) groups excluding carboxylic acids is 1. The Bertz CT molecular complexity index is 180. The van der Waals surface area contributed by atoms with Crippen molar-refractivity contribution in [3.63, 3.8) is 0 Å². The Morgan fingerprint density at radius 3 is 2.62 bits per heavy atom. The number of carbonyl (C=O) groups is 1. The van der Waals surface area contributed by atoms with Gasteiger partial charge in [0.05, 0.1) is 6.61 Å². The number of aliphatic hydroxyl groups excluding tert-OH is 1. The van der Waals surface area contributed by atoms with E-state index in [9.17, 15) is 4.79 Å². The minimum atomic E-state index is -0.136. The SMILES string of the molecule is CC(C(=O)N[C@@H](C)CO)C1CNC1. The first kappa shape index (κ1) is 10.5. The largest absolute Gasteiger partial charge is 0.394 e. The molecule has 0 bridgehead atoms. The summed E-state index contributed by atoms with van der Waals surface area (Å²) in [6.07, 6.45) is 0. The van der Waals surface area contributed by atoms with E-state index in [-0.39, 0.29) is 24.5 Å². The molecule has 4 nitrogen and oxygen atoms in total. The molecule has 1 amide bonds. The van der Waals surface area contributed by atoms with Crippen molar-refractivity contribution >= 4 is 5.91 Å². The molecule has 1 unspecified atom stereocenters. The molecule has 1 aliphatic heterocycles. The molecular weight excluding hydrogens is 168 g/mol. The first-order chi connectivity index (χ1) is 6.15. The highest BCUT2D eigenvalue weighted by atomic mass is 16.3. The molecule has 1 aliphatic rings. The topological polar surface area (TPSA) is 61.4 Å². The summed E-state index contributed by atoms with van der Waals surface area (Å²) in [5.41, 5.74) is 0. The van der Waals surface area contributed by atoms with E-state index >= 15 is 0 Å². The predicted octanol–water partition coefficient (Wildman–Crippen LogP) is -0.661. The van der Waals surface area contributed by atoms with E-state index in [4.69, 9.17) is 5.11 Å². The van der Waals surface area contributed by atoms with E-state index in [1.165, 1.54) is 0 Å². The average molecular weight is 186 g/mol. The number of hydrogen-bond donors (Lipinski definition) is 3. The van der Waals surface area contributed by atoms with Crippen molar-refractivity contribution < 1.29 is 9.90 Å². The van der Waals surface area contributed by atoms with Gasteiger partial charge in [-0.2, -0.15) is 0 Å². The van der Waals surface area contributed by atoms with Crippen molar-refractivity contribution in [2.75, 3.05) is 19.7 Å². The lowest BCUT2D eigenvalue weighted by molar-refractivity contribution is -0.127. The fourth-order valence-electron chi connectivity index (χ4n) is 1.30. The molecule has 0 aromatic carbocycles. The Morgan fingerprint density at radius 1 is 1.62 bits per heavy atom. The standard InChI is InChI=1S/C9H18N2O2/c1-6(5-12)11-9(13)7(2)8-3-10-4-8/h6-8,10,12H,3-5H2,1-2H3,(H,11,13)/t6-,7?/m0/s1. The van der Waals surface area contributed by atoms with Gasteiger partial charge in [-0.25, -0.2) is 0 Å². The van der Waals surface area contributed by atoms with Crippen LogP contribution in [0.1, 0.15) is 13.8 Å². The van der Waals surface area contributed by atoms with Crippen LogP contribution in [0.25, 0.3) is 0 Å². The van der Waals surface area contributed by atoms with Gasteiger partial charge in [-0.3, -0.25) is 4.79 Å². The quantitative estimate of drug-likeness (QED) is 0.546. The van der Waals surface area contributed by atoms with E-state index < -0.39 is 0 Å². The Balaban J connectivity index is 2.28. The highest BCUT2D eigenvalue weighted by molar-refractivity contribution is 5.79. The smallest absolute Gasteiger partial charge is 0.223 e. The number of rotatable bonds is 4. The molecule has 1 fully saturated rings. The Hall–Kier alpha value is -0.610. The molecule has 0 saturated carbocycles. The van der Waals surface area contributed by atoms with E-state index in [0.29, 0.717) is 5.92 Å². The third-order valence-electron chi connectivity index (χ3n) is 2.60. The zero-order valence-electron chi connectivity index (χ0n) is 8.21. The minimum Gasteiger partial charge on any atom is -0.394 e. The normalized spacial score (nSPS) is 21.8. The monoisotopic (exact) mass is 186 g/mol. The highest BCUT2D eigenvalue weighted by Crippen LogP contribution is 2.15. The van der Waals surface area contributed by atoms with Gasteiger partial charge in [0.15, 0.2) is 0 Å². The van der Waals surface area contributed by atoms with Gasteiger partial charge in [0.2, 0.25) is 5.91 Å². The first-order valence-electron chi connectivity index (χ1n) is 4.77. The van der Waals surface area contributed by atoms with Crippen molar-refractivity contribution in [3.05, 3.63) is 0 Å². The van der Waals surface area contributed by atoms with Crippen LogP contribution in [0.3, 0.4) is 0 Å². The van der Waals surface area contributed by atoms with Crippen molar-refractivity contribution in [1.29, 1.82) is 0 Å². The molecule has 1 rings (SSSR count). The number of amides is 1. The van der Waals surface area contributed by atoms with Crippen LogP contribution in [-0.4, -0.2) is 36.8 Å². The third kappa shape index (κ3) is 2.67. The number of aliphatic hydroxyl groups is 1. The van der Waals surface area contributed by atoms with Crippen molar-refractivity contribution in [3.8, 4) is 0 Å². The van der Waals surface area contributed by atoms with Crippen LogP contribution in [0.4, 0.5) is 0 Å². The zero-order chi connectivity index (χ0) is 9.84. The summed E-state index contributed by atoms with van der Waals surface area (Å²) in [6.45, 7) is 5.60. The highest BCUT2D eigenvalue weighted by Gasteiger charge is 2.28. The zero-order valence-corrected chi connectivity index (χ0v) is 8.21. The Labute approximate surface area is 78.7 Å². The molecule has 76 valence electrons. The summed E-state index contributed by atoms with van der Waals surface area (Å²) in [4.78, 5) is 11.5. The molecule has 4 heteroatoms. The molecule has 0 aromatic rings. The van der Waals surface area contributed by atoms with Crippen LogP contribution < -0.4 is 10.6 Å². The van der Waals surface area contributed by atoms with Crippen LogP contribution >= 0.6 is 0 Å².